The minimum absolute atomic E-state index is 0. The number of aliphatic imine (C=N–C) groups is 1. The standard InChI is InChI=1S/C23H35N5O2.HI/c1-7-24-23(25-10-9-20-16(4)27-28(6)17(20)5)26-14-19-13-22-18(11-15(3)30-22)12-21(19)29-8-2;/h12-13,15H,7-11,14H2,1-6H3,(H2,24,25,26);1H. The maximum atomic E-state index is 5.93. The van der Waals surface area contributed by atoms with E-state index in [1.54, 1.807) is 0 Å². The van der Waals surface area contributed by atoms with Crippen molar-refractivity contribution in [2.45, 2.75) is 60.1 Å². The van der Waals surface area contributed by atoms with Crippen LogP contribution < -0.4 is 20.1 Å². The third-order valence-corrected chi connectivity index (χ3v) is 5.46. The Bertz CT molecular complexity index is 910. The average Bonchev–Trinajstić information content (AvgIpc) is 3.18. The first-order chi connectivity index (χ1) is 14.4. The van der Waals surface area contributed by atoms with Crippen molar-refractivity contribution in [3.63, 3.8) is 0 Å². The van der Waals surface area contributed by atoms with Crippen LogP contribution in [0, 0.1) is 13.8 Å². The van der Waals surface area contributed by atoms with Crippen molar-refractivity contribution in [1.29, 1.82) is 0 Å². The van der Waals surface area contributed by atoms with Crippen LogP contribution in [-0.2, 0) is 26.4 Å². The van der Waals surface area contributed by atoms with Gasteiger partial charge in [0.15, 0.2) is 5.96 Å². The molecule has 3 rings (SSSR count). The minimum Gasteiger partial charge on any atom is -0.494 e. The van der Waals surface area contributed by atoms with E-state index in [1.807, 2.05) is 18.7 Å². The van der Waals surface area contributed by atoms with Crippen LogP contribution in [0.2, 0.25) is 0 Å². The third-order valence-electron chi connectivity index (χ3n) is 5.46. The number of fused-ring (bicyclic) bond motifs is 1. The van der Waals surface area contributed by atoms with Gasteiger partial charge in [-0.2, -0.15) is 5.10 Å². The second-order valence-electron chi connectivity index (χ2n) is 7.78. The lowest BCUT2D eigenvalue weighted by Gasteiger charge is -2.14. The highest BCUT2D eigenvalue weighted by Gasteiger charge is 2.21. The van der Waals surface area contributed by atoms with Crippen LogP contribution in [0.25, 0.3) is 0 Å². The van der Waals surface area contributed by atoms with E-state index >= 15 is 0 Å². The van der Waals surface area contributed by atoms with Gasteiger partial charge >= 0.3 is 0 Å². The molecule has 1 aromatic carbocycles. The number of ether oxygens (including phenoxy) is 2. The molecule has 2 aromatic rings. The lowest BCUT2D eigenvalue weighted by atomic mass is 10.1. The predicted molar refractivity (Wildman–Crippen MR) is 136 cm³/mol. The van der Waals surface area contributed by atoms with Crippen molar-refractivity contribution in [2.75, 3.05) is 19.7 Å². The summed E-state index contributed by atoms with van der Waals surface area (Å²) in [5, 5.41) is 11.3. The summed E-state index contributed by atoms with van der Waals surface area (Å²) < 4.78 is 13.8. The Morgan fingerprint density at radius 2 is 2.06 bits per heavy atom. The number of aromatic nitrogens is 2. The molecule has 31 heavy (non-hydrogen) atoms. The van der Waals surface area contributed by atoms with Gasteiger partial charge in [0.2, 0.25) is 0 Å². The smallest absolute Gasteiger partial charge is 0.191 e. The van der Waals surface area contributed by atoms with Gasteiger partial charge in [-0.1, -0.05) is 0 Å². The van der Waals surface area contributed by atoms with Gasteiger partial charge in [-0.05, 0) is 58.7 Å². The summed E-state index contributed by atoms with van der Waals surface area (Å²) >= 11 is 0. The van der Waals surface area contributed by atoms with E-state index in [0.29, 0.717) is 13.2 Å². The Labute approximate surface area is 203 Å². The van der Waals surface area contributed by atoms with Crippen molar-refractivity contribution in [3.05, 3.63) is 40.2 Å². The molecule has 2 heterocycles. The van der Waals surface area contributed by atoms with Gasteiger partial charge in [-0.15, -0.1) is 24.0 Å². The van der Waals surface area contributed by atoms with Crippen molar-refractivity contribution in [2.24, 2.45) is 12.0 Å². The van der Waals surface area contributed by atoms with Gasteiger partial charge in [0.25, 0.3) is 0 Å². The SMILES string of the molecule is CCNC(=NCc1cc2c(cc1OCC)CC(C)O2)NCCc1c(C)nn(C)c1C.I. The molecule has 7 nitrogen and oxygen atoms in total. The number of nitrogens with zero attached hydrogens (tertiary/aromatic N) is 3. The van der Waals surface area contributed by atoms with Gasteiger partial charge in [-0.3, -0.25) is 4.68 Å². The van der Waals surface area contributed by atoms with Gasteiger partial charge in [0, 0.05) is 43.4 Å². The number of benzene rings is 1. The molecule has 1 aliphatic heterocycles. The molecule has 0 amide bonds. The molecule has 0 spiro atoms. The van der Waals surface area contributed by atoms with E-state index in [2.05, 4.69) is 55.6 Å². The Hall–Kier alpha value is -1.97. The fourth-order valence-corrected chi connectivity index (χ4v) is 3.89. The Morgan fingerprint density at radius 3 is 2.71 bits per heavy atom. The third kappa shape index (κ3) is 6.27. The molecule has 0 bridgehead atoms. The van der Waals surface area contributed by atoms with E-state index in [4.69, 9.17) is 14.5 Å². The quantitative estimate of drug-likeness (QED) is 0.303. The number of nitrogens with one attached hydrogen (secondary N) is 2. The highest BCUT2D eigenvalue weighted by atomic mass is 127. The molecule has 0 aliphatic carbocycles. The van der Waals surface area contributed by atoms with Gasteiger partial charge < -0.3 is 20.1 Å². The van der Waals surface area contributed by atoms with E-state index < -0.39 is 0 Å². The molecule has 8 heteroatoms. The van der Waals surface area contributed by atoms with Crippen LogP contribution in [0.5, 0.6) is 11.5 Å². The lowest BCUT2D eigenvalue weighted by molar-refractivity contribution is 0.254. The zero-order valence-corrected chi connectivity index (χ0v) is 21.9. The van der Waals surface area contributed by atoms with Crippen molar-refractivity contribution in [1.82, 2.24) is 20.4 Å². The van der Waals surface area contributed by atoms with E-state index in [1.165, 1.54) is 16.8 Å². The first kappa shape index (κ1) is 25.3. The molecule has 0 saturated carbocycles. The number of rotatable bonds is 8. The second kappa shape index (κ2) is 11.6. The van der Waals surface area contributed by atoms with E-state index in [-0.39, 0.29) is 30.1 Å². The van der Waals surface area contributed by atoms with Gasteiger partial charge in [0.1, 0.15) is 17.6 Å². The van der Waals surface area contributed by atoms with Crippen LogP contribution in [-0.4, -0.2) is 41.5 Å². The monoisotopic (exact) mass is 541 g/mol. The molecule has 1 atom stereocenters. The summed E-state index contributed by atoms with van der Waals surface area (Å²) in [4.78, 5) is 4.79. The Morgan fingerprint density at radius 1 is 1.29 bits per heavy atom. The predicted octanol–water partition coefficient (Wildman–Crippen LogP) is 3.67. The summed E-state index contributed by atoms with van der Waals surface area (Å²) in [6, 6.07) is 4.20. The molecule has 1 aromatic heterocycles. The van der Waals surface area contributed by atoms with E-state index in [0.717, 1.165) is 54.6 Å². The minimum atomic E-state index is 0. The summed E-state index contributed by atoms with van der Waals surface area (Å²) in [5.41, 5.74) is 5.86. The summed E-state index contributed by atoms with van der Waals surface area (Å²) in [7, 11) is 1.99. The normalized spacial score (nSPS) is 15.2. The molecule has 0 saturated heterocycles. The second-order valence-corrected chi connectivity index (χ2v) is 7.78. The molecule has 0 fully saturated rings. The highest BCUT2D eigenvalue weighted by molar-refractivity contribution is 14.0. The Balaban J connectivity index is 0.00000341. The summed E-state index contributed by atoms with van der Waals surface area (Å²) in [6.45, 7) is 13.1. The number of hydrogen-bond donors (Lipinski definition) is 2. The van der Waals surface area contributed by atoms with Crippen molar-refractivity contribution < 1.29 is 9.47 Å². The first-order valence-corrected chi connectivity index (χ1v) is 10.9. The maximum Gasteiger partial charge on any atom is 0.191 e. The molecule has 1 aliphatic rings. The van der Waals surface area contributed by atoms with Crippen molar-refractivity contribution in [3.8, 4) is 11.5 Å². The fourth-order valence-electron chi connectivity index (χ4n) is 3.89. The topological polar surface area (TPSA) is 72.7 Å². The van der Waals surface area contributed by atoms with Crippen LogP contribution in [0.4, 0.5) is 0 Å². The number of guanidine groups is 1. The van der Waals surface area contributed by atoms with Crippen LogP contribution in [0.1, 0.15) is 48.8 Å². The van der Waals surface area contributed by atoms with Crippen LogP contribution >= 0.6 is 24.0 Å². The number of halogens is 1. The van der Waals surface area contributed by atoms with Crippen LogP contribution in [0.15, 0.2) is 17.1 Å². The zero-order chi connectivity index (χ0) is 21.7. The van der Waals surface area contributed by atoms with E-state index in [9.17, 15) is 0 Å². The Kier molecular flexibility index (Phi) is 9.46. The van der Waals surface area contributed by atoms with Crippen molar-refractivity contribution >= 4 is 29.9 Å². The first-order valence-electron chi connectivity index (χ1n) is 10.9. The van der Waals surface area contributed by atoms with Crippen LogP contribution in [0.3, 0.4) is 0 Å². The highest BCUT2D eigenvalue weighted by Crippen LogP contribution is 2.35. The molecular weight excluding hydrogens is 505 g/mol. The maximum absolute atomic E-state index is 5.93. The number of hydrogen-bond acceptors (Lipinski definition) is 4. The largest absolute Gasteiger partial charge is 0.494 e. The summed E-state index contributed by atoms with van der Waals surface area (Å²) in [5.74, 6) is 2.65. The molecular formula is C23H36IN5O2. The molecule has 172 valence electrons. The zero-order valence-electron chi connectivity index (χ0n) is 19.5. The van der Waals surface area contributed by atoms with Gasteiger partial charge in [-0.25, -0.2) is 4.99 Å². The van der Waals surface area contributed by atoms with Gasteiger partial charge in [0.05, 0.1) is 18.8 Å². The number of aryl methyl sites for hydroxylation is 2. The molecule has 2 N–H and O–H groups in total. The summed E-state index contributed by atoms with van der Waals surface area (Å²) in [6.07, 6.45) is 2.05. The fraction of sp³-hybridized carbons (Fsp3) is 0.565. The molecule has 1 unspecified atom stereocenters. The molecule has 0 radical (unpaired) electrons. The average molecular weight is 541 g/mol. The lowest BCUT2D eigenvalue weighted by Crippen LogP contribution is -2.38.